The van der Waals surface area contributed by atoms with Crippen LogP contribution in [0.4, 0.5) is 0 Å². The zero-order valence-corrected chi connectivity index (χ0v) is 11.0. The van der Waals surface area contributed by atoms with E-state index < -0.39 is 0 Å². The monoisotopic (exact) mass is 247 g/mol. The fraction of sp³-hybridized carbons (Fsp3) is 0.385. The smallest absolute Gasteiger partial charge is 0.0706 e. The predicted molar refractivity (Wildman–Crippen MR) is 71.2 cm³/mol. The van der Waals surface area contributed by atoms with Crippen molar-refractivity contribution >= 4 is 11.5 Å². The van der Waals surface area contributed by atoms with Crippen molar-refractivity contribution in [3.63, 3.8) is 0 Å². The van der Waals surface area contributed by atoms with Gasteiger partial charge in [0, 0.05) is 0 Å². The van der Waals surface area contributed by atoms with E-state index in [-0.39, 0.29) is 6.04 Å². The van der Waals surface area contributed by atoms with Gasteiger partial charge in [-0.25, -0.2) is 0 Å². The second-order valence-electron chi connectivity index (χ2n) is 4.06. The van der Waals surface area contributed by atoms with Crippen LogP contribution < -0.4 is 5.32 Å². The summed E-state index contributed by atoms with van der Waals surface area (Å²) >= 11 is 1.46. The van der Waals surface area contributed by atoms with Crippen molar-refractivity contribution in [1.29, 1.82) is 0 Å². The van der Waals surface area contributed by atoms with Crippen LogP contribution in [0.5, 0.6) is 0 Å². The molecule has 0 amide bonds. The van der Waals surface area contributed by atoms with E-state index in [2.05, 4.69) is 53.0 Å². The summed E-state index contributed by atoms with van der Waals surface area (Å²) < 4.78 is 3.96. The number of rotatable bonds is 5. The first kappa shape index (κ1) is 12.2. The molecular formula is C13H17N3S. The van der Waals surface area contributed by atoms with Gasteiger partial charge in [0.2, 0.25) is 0 Å². The van der Waals surface area contributed by atoms with Crippen LogP contribution in [-0.2, 0) is 0 Å². The van der Waals surface area contributed by atoms with E-state index in [4.69, 9.17) is 0 Å². The number of benzene rings is 1. The molecule has 1 heterocycles. The van der Waals surface area contributed by atoms with Gasteiger partial charge in [-0.3, -0.25) is 0 Å². The molecule has 3 nitrogen and oxygen atoms in total. The molecule has 0 bridgehead atoms. The van der Waals surface area contributed by atoms with Gasteiger partial charge in [0.25, 0.3) is 0 Å². The van der Waals surface area contributed by atoms with Crippen molar-refractivity contribution in [1.82, 2.24) is 14.9 Å². The zero-order valence-electron chi connectivity index (χ0n) is 10.2. The Morgan fingerprint density at radius 2 is 2.18 bits per heavy atom. The largest absolute Gasteiger partial charge is 0.305 e. The van der Waals surface area contributed by atoms with Gasteiger partial charge in [-0.1, -0.05) is 35.7 Å². The summed E-state index contributed by atoms with van der Waals surface area (Å²) in [5.41, 5.74) is 2.61. The molecule has 90 valence electrons. The van der Waals surface area contributed by atoms with Gasteiger partial charge in [0.05, 0.1) is 17.1 Å². The standard InChI is InChI=1S/C13H17N3S/c1-3-8-14-13(12-9-15-16-17-12)11-7-5-4-6-10(11)2/h4-7,9,13-14H,3,8H2,1-2H3. The Labute approximate surface area is 106 Å². The fourth-order valence-corrected chi connectivity index (χ4v) is 2.46. The zero-order chi connectivity index (χ0) is 12.1. The number of aromatic nitrogens is 2. The van der Waals surface area contributed by atoms with Crippen LogP contribution in [0.1, 0.15) is 35.4 Å². The van der Waals surface area contributed by atoms with Crippen molar-refractivity contribution in [2.45, 2.75) is 26.3 Å². The number of hydrogen-bond donors (Lipinski definition) is 1. The van der Waals surface area contributed by atoms with Gasteiger partial charge >= 0.3 is 0 Å². The predicted octanol–water partition coefficient (Wildman–Crippen LogP) is 2.94. The molecule has 0 saturated carbocycles. The lowest BCUT2D eigenvalue weighted by Crippen LogP contribution is -2.23. The number of hydrogen-bond acceptors (Lipinski definition) is 4. The first-order valence-electron chi connectivity index (χ1n) is 5.89. The van der Waals surface area contributed by atoms with E-state index in [0.717, 1.165) is 13.0 Å². The van der Waals surface area contributed by atoms with Crippen LogP contribution in [0.2, 0.25) is 0 Å². The lowest BCUT2D eigenvalue weighted by atomic mass is 10.0. The minimum absolute atomic E-state index is 0.219. The van der Waals surface area contributed by atoms with Crippen LogP contribution in [0, 0.1) is 6.92 Å². The van der Waals surface area contributed by atoms with Gasteiger partial charge in [0.1, 0.15) is 0 Å². The summed E-state index contributed by atoms with van der Waals surface area (Å²) in [6.45, 7) is 5.31. The maximum atomic E-state index is 3.96. The minimum atomic E-state index is 0.219. The maximum absolute atomic E-state index is 3.96. The van der Waals surface area contributed by atoms with Gasteiger partial charge < -0.3 is 5.32 Å². The summed E-state index contributed by atoms with van der Waals surface area (Å²) in [7, 11) is 0. The normalized spacial score (nSPS) is 12.6. The Balaban J connectivity index is 2.30. The highest BCUT2D eigenvalue weighted by molar-refractivity contribution is 7.05. The summed E-state index contributed by atoms with van der Waals surface area (Å²) in [6.07, 6.45) is 2.97. The molecule has 1 aromatic heterocycles. The third-order valence-electron chi connectivity index (χ3n) is 2.76. The van der Waals surface area contributed by atoms with Crippen LogP contribution in [0.25, 0.3) is 0 Å². The molecule has 0 fully saturated rings. The number of nitrogens with zero attached hydrogens (tertiary/aromatic N) is 2. The molecule has 17 heavy (non-hydrogen) atoms. The third kappa shape index (κ3) is 2.90. The molecular weight excluding hydrogens is 230 g/mol. The first-order chi connectivity index (χ1) is 8.33. The van der Waals surface area contributed by atoms with Gasteiger partial charge in [0.15, 0.2) is 0 Å². The van der Waals surface area contributed by atoms with E-state index in [9.17, 15) is 0 Å². The van der Waals surface area contributed by atoms with Crippen molar-refractivity contribution in [3.8, 4) is 0 Å². The third-order valence-corrected chi connectivity index (χ3v) is 3.49. The Morgan fingerprint density at radius 3 is 2.82 bits per heavy atom. The van der Waals surface area contributed by atoms with E-state index in [1.54, 1.807) is 0 Å². The fourth-order valence-electron chi connectivity index (χ4n) is 1.87. The first-order valence-corrected chi connectivity index (χ1v) is 6.66. The highest BCUT2D eigenvalue weighted by Gasteiger charge is 2.16. The van der Waals surface area contributed by atoms with Crippen molar-refractivity contribution in [2.75, 3.05) is 6.54 Å². The van der Waals surface area contributed by atoms with Crippen LogP contribution in [0.3, 0.4) is 0 Å². The molecule has 1 unspecified atom stereocenters. The second-order valence-corrected chi connectivity index (χ2v) is 4.88. The molecule has 1 atom stereocenters. The van der Waals surface area contributed by atoms with E-state index in [1.807, 2.05) is 6.20 Å². The lowest BCUT2D eigenvalue weighted by molar-refractivity contribution is 0.603. The molecule has 0 spiro atoms. The Bertz CT molecular complexity index is 453. The number of aryl methyl sites for hydroxylation is 1. The Hall–Kier alpha value is -1.26. The van der Waals surface area contributed by atoms with Gasteiger partial charge in [-0.2, -0.15) is 0 Å². The summed E-state index contributed by atoms with van der Waals surface area (Å²) in [5, 5.41) is 7.49. The molecule has 2 rings (SSSR count). The quantitative estimate of drug-likeness (QED) is 0.882. The topological polar surface area (TPSA) is 37.8 Å². The molecule has 0 aliphatic carbocycles. The molecule has 4 heteroatoms. The van der Waals surface area contributed by atoms with Crippen molar-refractivity contribution < 1.29 is 0 Å². The van der Waals surface area contributed by atoms with Crippen molar-refractivity contribution in [2.24, 2.45) is 0 Å². The molecule has 2 aromatic rings. The van der Waals surface area contributed by atoms with Crippen LogP contribution in [-0.4, -0.2) is 16.1 Å². The van der Waals surface area contributed by atoms with Crippen LogP contribution >= 0.6 is 11.5 Å². The average Bonchev–Trinajstić information content (AvgIpc) is 2.85. The highest BCUT2D eigenvalue weighted by Crippen LogP contribution is 2.26. The lowest BCUT2D eigenvalue weighted by Gasteiger charge is -2.18. The minimum Gasteiger partial charge on any atom is -0.305 e. The summed E-state index contributed by atoms with van der Waals surface area (Å²) in [4.78, 5) is 1.17. The van der Waals surface area contributed by atoms with Gasteiger partial charge in [-0.15, -0.1) is 5.10 Å². The second kappa shape index (κ2) is 5.89. The van der Waals surface area contributed by atoms with Crippen LogP contribution in [0.15, 0.2) is 30.5 Å². The molecule has 1 N–H and O–H groups in total. The maximum Gasteiger partial charge on any atom is 0.0706 e. The molecule has 0 radical (unpaired) electrons. The molecule has 0 aliphatic heterocycles. The summed E-state index contributed by atoms with van der Waals surface area (Å²) in [5.74, 6) is 0. The summed E-state index contributed by atoms with van der Waals surface area (Å²) in [6, 6.07) is 8.68. The van der Waals surface area contributed by atoms with E-state index >= 15 is 0 Å². The molecule has 0 aliphatic rings. The molecule has 0 saturated heterocycles. The SMILES string of the molecule is CCCNC(c1cnns1)c1ccccc1C. The Kier molecular flexibility index (Phi) is 4.23. The molecule has 1 aromatic carbocycles. The van der Waals surface area contributed by atoms with E-state index in [1.165, 1.54) is 27.5 Å². The average molecular weight is 247 g/mol. The van der Waals surface area contributed by atoms with Crippen molar-refractivity contribution in [3.05, 3.63) is 46.5 Å². The number of nitrogens with one attached hydrogen (secondary N) is 1. The Morgan fingerprint density at radius 1 is 1.35 bits per heavy atom. The van der Waals surface area contributed by atoms with Gasteiger partial charge in [-0.05, 0) is 42.5 Å². The van der Waals surface area contributed by atoms with E-state index in [0.29, 0.717) is 0 Å². The highest BCUT2D eigenvalue weighted by atomic mass is 32.1.